The molecule has 0 radical (unpaired) electrons. The van der Waals surface area contributed by atoms with Crippen LogP contribution in [0.25, 0.3) is 0 Å². The Morgan fingerprint density at radius 2 is 2.46 bits per heavy atom. The third kappa shape index (κ3) is 1.26. The molecule has 0 amide bonds. The summed E-state index contributed by atoms with van der Waals surface area (Å²) in [5.41, 5.74) is 0.523. The molecule has 0 unspecified atom stereocenters. The van der Waals surface area contributed by atoms with E-state index in [2.05, 4.69) is 4.98 Å². The maximum Gasteiger partial charge on any atom is 0.246 e. The van der Waals surface area contributed by atoms with Crippen LogP contribution in [0, 0.1) is 0 Å². The minimum absolute atomic E-state index is 0.148. The first-order valence-corrected chi connectivity index (χ1v) is 3.83. The Kier molecular flexibility index (Phi) is 1.73. The normalized spacial score (nSPS) is 10.2. The number of carbonyl (C=O) groups excluding carboxylic acids is 1. The predicted octanol–water partition coefficient (Wildman–Crippen LogP) is 1.24. The highest BCUT2D eigenvalue weighted by molar-refractivity contribution is 6.05. The minimum Gasteiger partial charge on any atom is -0.461 e. The second kappa shape index (κ2) is 2.90. The molecule has 0 N–H and O–H groups in total. The van der Waals surface area contributed by atoms with E-state index in [4.69, 9.17) is 4.42 Å². The zero-order valence-electron chi connectivity index (χ0n) is 7.10. The van der Waals surface area contributed by atoms with Gasteiger partial charge in [0.1, 0.15) is 5.69 Å². The highest BCUT2D eigenvalue weighted by Gasteiger charge is 2.14. The molecule has 0 fully saturated rings. The number of imidazole rings is 1. The largest absolute Gasteiger partial charge is 0.461 e. The van der Waals surface area contributed by atoms with Gasteiger partial charge < -0.3 is 8.98 Å². The highest BCUT2D eigenvalue weighted by atomic mass is 16.3. The van der Waals surface area contributed by atoms with Crippen molar-refractivity contribution in [3.8, 4) is 0 Å². The number of aromatic nitrogens is 2. The van der Waals surface area contributed by atoms with Crippen molar-refractivity contribution < 1.29 is 9.21 Å². The van der Waals surface area contributed by atoms with Crippen LogP contribution in [0.1, 0.15) is 16.2 Å². The first kappa shape index (κ1) is 7.79. The van der Waals surface area contributed by atoms with Gasteiger partial charge in [-0.3, -0.25) is 4.79 Å². The summed E-state index contributed by atoms with van der Waals surface area (Å²) < 4.78 is 6.64. The van der Waals surface area contributed by atoms with Crippen molar-refractivity contribution in [1.82, 2.24) is 9.55 Å². The van der Waals surface area contributed by atoms with E-state index in [1.54, 1.807) is 30.1 Å². The van der Waals surface area contributed by atoms with E-state index < -0.39 is 0 Å². The van der Waals surface area contributed by atoms with Gasteiger partial charge in [0.05, 0.1) is 18.8 Å². The minimum atomic E-state index is -0.148. The lowest BCUT2D eigenvalue weighted by atomic mass is 10.2. The zero-order chi connectivity index (χ0) is 9.26. The van der Waals surface area contributed by atoms with Gasteiger partial charge in [0.15, 0.2) is 5.76 Å². The predicted molar refractivity (Wildman–Crippen MR) is 45.3 cm³/mol. The number of hydrogen-bond acceptors (Lipinski definition) is 3. The fourth-order valence-corrected chi connectivity index (χ4v) is 1.11. The smallest absolute Gasteiger partial charge is 0.246 e. The van der Waals surface area contributed by atoms with Crippen molar-refractivity contribution in [2.45, 2.75) is 0 Å². The van der Waals surface area contributed by atoms with Crippen LogP contribution in [0.15, 0.2) is 35.3 Å². The van der Waals surface area contributed by atoms with Crippen LogP contribution in [0.3, 0.4) is 0 Å². The molecule has 2 heterocycles. The number of aryl methyl sites for hydroxylation is 1. The van der Waals surface area contributed by atoms with Crippen LogP contribution in [-0.2, 0) is 7.05 Å². The summed E-state index contributed by atoms with van der Waals surface area (Å²) in [6, 6.07) is 3.32. The van der Waals surface area contributed by atoms with Gasteiger partial charge in [-0.25, -0.2) is 4.98 Å². The van der Waals surface area contributed by atoms with Gasteiger partial charge in [-0.2, -0.15) is 0 Å². The van der Waals surface area contributed by atoms with Crippen LogP contribution >= 0.6 is 0 Å². The van der Waals surface area contributed by atoms with Crippen molar-refractivity contribution in [3.63, 3.8) is 0 Å². The molecule has 0 saturated heterocycles. The standard InChI is InChI=1S/C9H8N2O2/c1-11-6-10-5-7(11)9(12)8-3-2-4-13-8/h2-6H,1H3. The van der Waals surface area contributed by atoms with E-state index in [1.807, 2.05) is 0 Å². The number of nitrogens with zero attached hydrogens (tertiary/aromatic N) is 2. The second-order valence-corrected chi connectivity index (χ2v) is 2.70. The quantitative estimate of drug-likeness (QED) is 0.647. The summed E-state index contributed by atoms with van der Waals surface area (Å²) in [4.78, 5) is 15.5. The van der Waals surface area contributed by atoms with Gasteiger partial charge in [-0.05, 0) is 12.1 Å². The maximum absolute atomic E-state index is 11.6. The van der Waals surface area contributed by atoms with Crippen LogP contribution < -0.4 is 0 Å². The van der Waals surface area contributed by atoms with E-state index in [9.17, 15) is 4.79 Å². The van der Waals surface area contributed by atoms with Gasteiger partial charge >= 0.3 is 0 Å². The molecule has 2 rings (SSSR count). The summed E-state index contributed by atoms with van der Waals surface area (Å²) in [5, 5.41) is 0. The van der Waals surface area contributed by atoms with Crippen LogP contribution in [0.5, 0.6) is 0 Å². The lowest BCUT2D eigenvalue weighted by Crippen LogP contribution is -2.05. The Morgan fingerprint density at radius 1 is 1.62 bits per heavy atom. The Hall–Kier alpha value is -1.84. The van der Waals surface area contributed by atoms with Crippen molar-refractivity contribution in [2.75, 3.05) is 0 Å². The molecule has 66 valence electrons. The molecule has 0 aliphatic heterocycles. The maximum atomic E-state index is 11.6. The molecule has 4 heteroatoms. The first-order valence-electron chi connectivity index (χ1n) is 3.83. The number of ketones is 1. The van der Waals surface area contributed by atoms with Crippen LogP contribution in [-0.4, -0.2) is 15.3 Å². The molecule has 0 aromatic carbocycles. The van der Waals surface area contributed by atoms with Crippen molar-refractivity contribution in [2.24, 2.45) is 7.05 Å². The van der Waals surface area contributed by atoms with E-state index in [-0.39, 0.29) is 5.78 Å². The lowest BCUT2D eigenvalue weighted by molar-refractivity contribution is 0.100. The molecule has 0 saturated carbocycles. The van der Waals surface area contributed by atoms with Crippen molar-refractivity contribution >= 4 is 5.78 Å². The summed E-state index contributed by atoms with van der Waals surface area (Å²) in [6.45, 7) is 0. The van der Waals surface area contributed by atoms with E-state index >= 15 is 0 Å². The summed E-state index contributed by atoms with van der Waals surface area (Å²) in [7, 11) is 1.77. The van der Waals surface area contributed by atoms with E-state index in [1.165, 1.54) is 12.5 Å². The molecule has 13 heavy (non-hydrogen) atoms. The van der Waals surface area contributed by atoms with Gasteiger partial charge in [0, 0.05) is 7.05 Å². The molecule has 2 aromatic rings. The summed E-state index contributed by atoms with van der Waals surface area (Å²) in [5.74, 6) is 0.189. The average molecular weight is 176 g/mol. The Labute approximate surface area is 74.8 Å². The molecule has 0 spiro atoms. The van der Waals surface area contributed by atoms with E-state index in [0.29, 0.717) is 11.5 Å². The average Bonchev–Trinajstić information content (AvgIpc) is 2.72. The summed E-state index contributed by atoms with van der Waals surface area (Å²) in [6.07, 6.45) is 4.57. The molecule has 4 nitrogen and oxygen atoms in total. The Bertz CT molecular complexity index is 415. The van der Waals surface area contributed by atoms with Crippen LogP contribution in [0.2, 0.25) is 0 Å². The zero-order valence-corrected chi connectivity index (χ0v) is 7.10. The van der Waals surface area contributed by atoms with E-state index in [0.717, 1.165) is 0 Å². The summed E-state index contributed by atoms with van der Waals surface area (Å²) >= 11 is 0. The molecule has 0 aliphatic carbocycles. The fraction of sp³-hybridized carbons (Fsp3) is 0.111. The third-order valence-corrected chi connectivity index (χ3v) is 1.79. The topological polar surface area (TPSA) is 48.0 Å². The van der Waals surface area contributed by atoms with Crippen LogP contribution in [0.4, 0.5) is 0 Å². The van der Waals surface area contributed by atoms with Gasteiger partial charge in [0.2, 0.25) is 5.78 Å². The first-order chi connectivity index (χ1) is 6.29. The third-order valence-electron chi connectivity index (χ3n) is 1.79. The number of furan rings is 1. The molecule has 0 atom stereocenters. The fourth-order valence-electron chi connectivity index (χ4n) is 1.11. The number of hydrogen-bond donors (Lipinski definition) is 0. The van der Waals surface area contributed by atoms with Gasteiger partial charge in [-0.15, -0.1) is 0 Å². The van der Waals surface area contributed by atoms with Gasteiger partial charge in [-0.1, -0.05) is 0 Å². The number of rotatable bonds is 2. The Morgan fingerprint density at radius 3 is 3.00 bits per heavy atom. The second-order valence-electron chi connectivity index (χ2n) is 2.70. The van der Waals surface area contributed by atoms with Crippen molar-refractivity contribution in [3.05, 3.63) is 42.4 Å². The SMILES string of the molecule is Cn1cncc1C(=O)c1ccco1. The molecule has 0 bridgehead atoms. The van der Waals surface area contributed by atoms with Gasteiger partial charge in [0.25, 0.3) is 0 Å². The Balaban J connectivity index is 2.39. The highest BCUT2D eigenvalue weighted by Crippen LogP contribution is 2.08. The molecular formula is C9H8N2O2. The molecule has 0 aliphatic rings. The van der Waals surface area contributed by atoms with Crippen molar-refractivity contribution in [1.29, 1.82) is 0 Å². The molecule has 2 aromatic heterocycles. The monoisotopic (exact) mass is 176 g/mol. The molecular weight excluding hydrogens is 168 g/mol. The number of carbonyl (C=O) groups is 1. The lowest BCUT2D eigenvalue weighted by Gasteiger charge is -1.96.